The summed E-state index contributed by atoms with van der Waals surface area (Å²) in [5, 5.41) is 3.53. The standard InChI is InChI=1S/C17H20ClN3O4S/c18-13-1-2-15-14(7-13)20-17(25-15)21-5-3-11(4-6-21)8-19-16(22)12-9-26(23,24)10-12/h1-2,7,11-12H,3-6,8-10H2,(H,19,22). The lowest BCUT2D eigenvalue weighted by Gasteiger charge is -2.31. The maximum absolute atomic E-state index is 11.9. The summed E-state index contributed by atoms with van der Waals surface area (Å²) in [6.45, 7) is 2.20. The fourth-order valence-electron chi connectivity index (χ4n) is 3.46. The molecule has 2 aromatic rings. The van der Waals surface area contributed by atoms with Gasteiger partial charge in [-0.3, -0.25) is 4.79 Å². The summed E-state index contributed by atoms with van der Waals surface area (Å²) in [6, 6.07) is 5.98. The monoisotopic (exact) mass is 397 g/mol. The maximum Gasteiger partial charge on any atom is 0.298 e. The second-order valence-electron chi connectivity index (χ2n) is 7.06. The molecule has 0 saturated carbocycles. The third-order valence-corrected chi connectivity index (χ3v) is 7.12. The summed E-state index contributed by atoms with van der Waals surface area (Å²) in [4.78, 5) is 18.5. The number of benzene rings is 1. The average molecular weight is 398 g/mol. The molecule has 0 spiro atoms. The average Bonchev–Trinajstić information content (AvgIpc) is 3.01. The molecule has 26 heavy (non-hydrogen) atoms. The van der Waals surface area contributed by atoms with E-state index in [1.54, 1.807) is 12.1 Å². The van der Waals surface area contributed by atoms with Crippen molar-refractivity contribution >= 4 is 44.5 Å². The van der Waals surface area contributed by atoms with Crippen LogP contribution in [0.15, 0.2) is 22.6 Å². The Morgan fingerprint density at radius 1 is 1.31 bits per heavy atom. The minimum absolute atomic E-state index is 0.0149. The van der Waals surface area contributed by atoms with Gasteiger partial charge in [0.1, 0.15) is 5.52 Å². The molecule has 1 amide bonds. The number of carbonyl (C=O) groups excluding carboxylic acids is 1. The number of nitrogens with zero attached hydrogens (tertiary/aromatic N) is 2. The van der Waals surface area contributed by atoms with Crippen LogP contribution in [-0.2, 0) is 14.6 Å². The van der Waals surface area contributed by atoms with Crippen LogP contribution in [0.25, 0.3) is 11.1 Å². The van der Waals surface area contributed by atoms with Gasteiger partial charge in [0.15, 0.2) is 15.4 Å². The smallest absolute Gasteiger partial charge is 0.298 e. The van der Waals surface area contributed by atoms with Gasteiger partial charge in [0.2, 0.25) is 5.91 Å². The number of piperidine rings is 1. The molecule has 2 saturated heterocycles. The highest BCUT2D eigenvalue weighted by Crippen LogP contribution is 2.28. The molecule has 2 fully saturated rings. The van der Waals surface area contributed by atoms with Crippen LogP contribution < -0.4 is 10.2 Å². The second kappa shape index (κ2) is 6.74. The van der Waals surface area contributed by atoms with Gasteiger partial charge in [-0.2, -0.15) is 4.98 Å². The van der Waals surface area contributed by atoms with E-state index < -0.39 is 9.84 Å². The van der Waals surface area contributed by atoms with E-state index in [9.17, 15) is 13.2 Å². The Hall–Kier alpha value is -1.80. The van der Waals surface area contributed by atoms with E-state index in [0.717, 1.165) is 31.4 Å². The lowest BCUT2D eigenvalue weighted by molar-refractivity contribution is -0.124. The number of halogens is 1. The zero-order valence-corrected chi connectivity index (χ0v) is 15.7. The summed E-state index contributed by atoms with van der Waals surface area (Å²) >= 11 is 5.98. The topological polar surface area (TPSA) is 92.5 Å². The number of nitrogens with one attached hydrogen (secondary N) is 1. The molecule has 9 heteroatoms. The minimum atomic E-state index is -2.96. The fourth-order valence-corrected chi connectivity index (χ4v) is 5.05. The number of rotatable bonds is 4. The van der Waals surface area contributed by atoms with Crippen molar-refractivity contribution in [1.82, 2.24) is 10.3 Å². The van der Waals surface area contributed by atoms with E-state index in [-0.39, 0.29) is 23.3 Å². The Morgan fingerprint density at radius 2 is 2.04 bits per heavy atom. The van der Waals surface area contributed by atoms with Crippen molar-refractivity contribution in [2.24, 2.45) is 11.8 Å². The maximum atomic E-state index is 11.9. The van der Waals surface area contributed by atoms with Gasteiger partial charge in [-0.1, -0.05) is 11.6 Å². The highest BCUT2D eigenvalue weighted by atomic mass is 35.5. The highest BCUT2D eigenvalue weighted by molar-refractivity contribution is 7.92. The predicted molar refractivity (Wildman–Crippen MR) is 99.1 cm³/mol. The molecule has 3 heterocycles. The Bertz CT molecular complexity index is 923. The van der Waals surface area contributed by atoms with Crippen LogP contribution in [0.1, 0.15) is 12.8 Å². The molecule has 7 nitrogen and oxygen atoms in total. The molecule has 0 bridgehead atoms. The van der Waals surface area contributed by atoms with Crippen LogP contribution >= 0.6 is 11.6 Å². The van der Waals surface area contributed by atoms with Crippen molar-refractivity contribution in [2.45, 2.75) is 12.8 Å². The molecule has 0 unspecified atom stereocenters. The van der Waals surface area contributed by atoms with Gasteiger partial charge in [0.25, 0.3) is 6.01 Å². The second-order valence-corrected chi connectivity index (χ2v) is 9.65. The summed E-state index contributed by atoms with van der Waals surface area (Å²) in [7, 11) is -2.96. The first kappa shape index (κ1) is 17.6. The number of oxazole rings is 1. The number of anilines is 1. The predicted octanol–water partition coefficient (Wildman–Crippen LogP) is 1.86. The van der Waals surface area contributed by atoms with Crippen LogP contribution in [0, 0.1) is 11.8 Å². The highest BCUT2D eigenvalue weighted by Gasteiger charge is 2.38. The summed E-state index contributed by atoms with van der Waals surface area (Å²) in [5.41, 5.74) is 1.46. The van der Waals surface area contributed by atoms with E-state index in [4.69, 9.17) is 16.0 Å². The lowest BCUT2D eigenvalue weighted by atomic mass is 9.97. The molecule has 0 radical (unpaired) electrons. The summed E-state index contributed by atoms with van der Waals surface area (Å²) < 4.78 is 28.1. The summed E-state index contributed by atoms with van der Waals surface area (Å²) in [6.07, 6.45) is 1.84. The Kier molecular flexibility index (Phi) is 4.56. The van der Waals surface area contributed by atoms with Gasteiger partial charge in [-0.05, 0) is 37.0 Å². The Balaban J connectivity index is 1.27. The van der Waals surface area contributed by atoms with E-state index in [1.807, 2.05) is 6.07 Å². The van der Waals surface area contributed by atoms with Crippen molar-refractivity contribution in [3.05, 3.63) is 23.2 Å². The van der Waals surface area contributed by atoms with Crippen molar-refractivity contribution in [2.75, 3.05) is 36.0 Å². The number of hydrogen-bond acceptors (Lipinski definition) is 6. The quantitative estimate of drug-likeness (QED) is 0.846. The third kappa shape index (κ3) is 3.66. The van der Waals surface area contributed by atoms with Crippen molar-refractivity contribution in [3.63, 3.8) is 0 Å². The normalized spacial score (nSPS) is 20.9. The molecule has 0 aliphatic carbocycles. The number of amides is 1. The minimum Gasteiger partial charge on any atom is -0.423 e. The summed E-state index contributed by atoms with van der Waals surface area (Å²) in [5.74, 6) is -0.159. The van der Waals surface area contributed by atoms with Gasteiger partial charge >= 0.3 is 0 Å². The van der Waals surface area contributed by atoms with Gasteiger partial charge in [-0.25, -0.2) is 8.42 Å². The first-order valence-electron chi connectivity index (χ1n) is 8.69. The van der Waals surface area contributed by atoms with Gasteiger partial charge in [0.05, 0.1) is 17.4 Å². The Labute approximate surface area is 156 Å². The Morgan fingerprint density at radius 3 is 2.73 bits per heavy atom. The molecule has 2 aliphatic rings. The first-order valence-corrected chi connectivity index (χ1v) is 10.9. The van der Waals surface area contributed by atoms with Crippen LogP contribution in [-0.4, -0.2) is 50.4 Å². The fraction of sp³-hybridized carbons (Fsp3) is 0.529. The number of sulfone groups is 1. The lowest BCUT2D eigenvalue weighted by Crippen LogP contribution is -2.48. The molecular weight excluding hydrogens is 378 g/mol. The zero-order valence-electron chi connectivity index (χ0n) is 14.2. The number of aromatic nitrogens is 1. The van der Waals surface area contributed by atoms with Crippen molar-refractivity contribution in [3.8, 4) is 0 Å². The first-order chi connectivity index (χ1) is 12.4. The van der Waals surface area contributed by atoms with Crippen molar-refractivity contribution in [1.29, 1.82) is 0 Å². The molecule has 4 rings (SSSR count). The molecule has 140 valence electrons. The zero-order chi connectivity index (χ0) is 18.3. The van der Waals surface area contributed by atoms with E-state index in [2.05, 4.69) is 15.2 Å². The largest absolute Gasteiger partial charge is 0.423 e. The SMILES string of the molecule is O=C(NCC1CCN(c2nc3cc(Cl)ccc3o2)CC1)C1CS(=O)(=O)C1. The van der Waals surface area contributed by atoms with E-state index >= 15 is 0 Å². The van der Waals surface area contributed by atoms with Crippen LogP contribution in [0.4, 0.5) is 6.01 Å². The molecule has 2 aliphatic heterocycles. The molecule has 1 N–H and O–H groups in total. The molecule has 1 aromatic carbocycles. The van der Waals surface area contributed by atoms with E-state index in [0.29, 0.717) is 29.1 Å². The molecule has 0 atom stereocenters. The van der Waals surface area contributed by atoms with Crippen LogP contribution in [0.3, 0.4) is 0 Å². The van der Waals surface area contributed by atoms with Crippen molar-refractivity contribution < 1.29 is 17.6 Å². The van der Waals surface area contributed by atoms with Crippen LogP contribution in [0.2, 0.25) is 5.02 Å². The van der Waals surface area contributed by atoms with Gasteiger partial charge in [-0.15, -0.1) is 0 Å². The number of fused-ring (bicyclic) bond motifs is 1. The van der Waals surface area contributed by atoms with E-state index in [1.165, 1.54) is 0 Å². The number of carbonyl (C=O) groups is 1. The van der Waals surface area contributed by atoms with Gasteiger partial charge in [0, 0.05) is 24.7 Å². The number of hydrogen-bond donors (Lipinski definition) is 1. The third-order valence-electron chi connectivity index (χ3n) is 5.07. The van der Waals surface area contributed by atoms with Gasteiger partial charge < -0.3 is 14.6 Å². The molecular formula is C17H20ClN3O4S. The van der Waals surface area contributed by atoms with Crippen LogP contribution in [0.5, 0.6) is 0 Å². The molecule has 1 aromatic heterocycles.